The van der Waals surface area contributed by atoms with Gasteiger partial charge >= 0.3 is 17.9 Å². The Morgan fingerprint density at radius 1 is 0.350 bits per heavy atom. The van der Waals surface area contributed by atoms with Crippen molar-refractivity contribution in [3.63, 3.8) is 0 Å². The van der Waals surface area contributed by atoms with E-state index < -0.39 is 6.10 Å². The third-order valence-corrected chi connectivity index (χ3v) is 11.1. The van der Waals surface area contributed by atoms with Crippen LogP contribution in [-0.4, -0.2) is 37.2 Å². The minimum atomic E-state index is -0.780. The van der Waals surface area contributed by atoms with Gasteiger partial charge in [0.2, 0.25) is 0 Å². The third-order valence-electron chi connectivity index (χ3n) is 11.1. The summed E-state index contributed by atoms with van der Waals surface area (Å²) in [5.41, 5.74) is 0. The van der Waals surface area contributed by atoms with Gasteiger partial charge in [-0.3, -0.25) is 14.4 Å². The molecule has 6 heteroatoms. The molecule has 1 atom stereocenters. The zero-order valence-electron chi connectivity index (χ0n) is 39.7. The van der Waals surface area contributed by atoms with Crippen LogP contribution in [0.25, 0.3) is 0 Å². The Bertz CT molecular complexity index is 1060. The van der Waals surface area contributed by atoms with E-state index in [9.17, 15) is 14.4 Å². The van der Waals surface area contributed by atoms with E-state index >= 15 is 0 Å². The predicted octanol–water partition coefficient (Wildman–Crippen LogP) is 16.7. The number of hydrogen-bond acceptors (Lipinski definition) is 6. The maximum Gasteiger partial charge on any atom is 0.306 e. The van der Waals surface area contributed by atoms with Gasteiger partial charge in [-0.25, -0.2) is 0 Å². The number of carbonyl (C=O) groups is 3. The fourth-order valence-corrected chi connectivity index (χ4v) is 7.22. The molecule has 0 amide bonds. The van der Waals surface area contributed by atoms with E-state index in [1.54, 1.807) is 0 Å². The summed E-state index contributed by atoms with van der Waals surface area (Å²) in [7, 11) is 0. The van der Waals surface area contributed by atoms with Gasteiger partial charge in [0.1, 0.15) is 13.2 Å². The Hall–Kier alpha value is -2.63. The molecule has 348 valence electrons. The average molecular weight is 841 g/mol. The molecule has 0 N–H and O–H groups in total. The quantitative estimate of drug-likeness (QED) is 0.0263. The maximum atomic E-state index is 12.8. The molecule has 0 radical (unpaired) electrons. The van der Waals surface area contributed by atoms with E-state index in [1.165, 1.54) is 122 Å². The summed E-state index contributed by atoms with van der Waals surface area (Å²) in [5, 5.41) is 0. The molecular formula is C54H96O6. The average Bonchev–Trinajstić information content (AvgIpc) is 3.24. The molecule has 0 aliphatic carbocycles. The van der Waals surface area contributed by atoms with Gasteiger partial charge in [0, 0.05) is 19.3 Å². The Labute approximate surface area is 371 Å². The third kappa shape index (κ3) is 46.4. The number of hydrogen-bond donors (Lipinski definition) is 0. The Balaban J connectivity index is 4.36. The van der Waals surface area contributed by atoms with Crippen molar-refractivity contribution in [2.75, 3.05) is 13.2 Å². The van der Waals surface area contributed by atoms with Crippen molar-refractivity contribution in [2.24, 2.45) is 0 Å². The molecule has 0 aliphatic rings. The summed E-state index contributed by atoms with van der Waals surface area (Å²) in [6.45, 7) is 6.50. The van der Waals surface area contributed by atoms with E-state index in [4.69, 9.17) is 14.2 Å². The summed E-state index contributed by atoms with van der Waals surface area (Å²) >= 11 is 0. The number of rotatable bonds is 46. The molecule has 6 nitrogen and oxygen atoms in total. The van der Waals surface area contributed by atoms with Crippen LogP contribution in [0.3, 0.4) is 0 Å². The lowest BCUT2D eigenvalue weighted by molar-refractivity contribution is -0.167. The van der Waals surface area contributed by atoms with Crippen molar-refractivity contribution >= 4 is 17.9 Å². The summed E-state index contributed by atoms with van der Waals surface area (Å²) in [6, 6.07) is 0. The second kappa shape index (κ2) is 49.0. The normalized spacial score (nSPS) is 12.4. The van der Waals surface area contributed by atoms with Crippen LogP contribution in [0.1, 0.15) is 258 Å². The molecular weight excluding hydrogens is 745 g/mol. The van der Waals surface area contributed by atoms with Crippen molar-refractivity contribution < 1.29 is 28.6 Å². The maximum absolute atomic E-state index is 12.8. The highest BCUT2D eigenvalue weighted by Gasteiger charge is 2.19. The molecule has 0 aromatic carbocycles. The Kier molecular flexibility index (Phi) is 46.9. The number of esters is 3. The van der Waals surface area contributed by atoms with Gasteiger partial charge in [-0.2, -0.15) is 0 Å². The van der Waals surface area contributed by atoms with Crippen LogP contribution in [0.5, 0.6) is 0 Å². The molecule has 0 fully saturated rings. The van der Waals surface area contributed by atoms with E-state index in [1.807, 2.05) is 0 Å². The second-order valence-corrected chi connectivity index (χ2v) is 17.1. The number of carbonyl (C=O) groups excluding carboxylic acids is 3. The Morgan fingerprint density at radius 2 is 0.650 bits per heavy atom. The molecule has 60 heavy (non-hydrogen) atoms. The molecule has 0 aliphatic heterocycles. The fourth-order valence-electron chi connectivity index (χ4n) is 7.22. The van der Waals surface area contributed by atoms with Crippen LogP contribution in [-0.2, 0) is 28.6 Å². The smallest absolute Gasteiger partial charge is 0.306 e. The molecule has 0 saturated heterocycles. The minimum absolute atomic E-state index is 0.0796. The van der Waals surface area contributed by atoms with Crippen LogP contribution in [0.4, 0.5) is 0 Å². The zero-order valence-corrected chi connectivity index (χ0v) is 39.7. The summed E-state index contributed by atoms with van der Waals surface area (Å²) in [5.74, 6) is -0.896. The number of allylic oxidation sites excluding steroid dienone is 8. The number of unbranched alkanes of at least 4 members (excludes halogenated alkanes) is 27. The van der Waals surface area contributed by atoms with Gasteiger partial charge in [0.05, 0.1) is 0 Å². The minimum Gasteiger partial charge on any atom is -0.462 e. The lowest BCUT2D eigenvalue weighted by Gasteiger charge is -2.18. The molecule has 0 heterocycles. The summed E-state index contributed by atoms with van der Waals surface area (Å²) in [4.78, 5) is 37.9. The van der Waals surface area contributed by atoms with E-state index in [0.29, 0.717) is 19.3 Å². The monoisotopic (exact) mass is 841 g/mol. The van der Waals surface area contributed by atoms with Crippen LogP contribution in [0.15, 0.2) is 48.6 Å². The lowest BCUT2D eigenvalue weighted by atomic mass is 10.1. The fraction of sp³-hybridized carbons (Fsp3) is 0.796. The second-order valence-electron chi connectivity index (χ2n) is 17.1. The summed E-state index contributed by atoms with van der Waals surface area (Å²) in [6.07, 6.45) is 58.1. The topological polar surface area (TPSA) is 78.9 Å². The first-order valence-electron chi connectivity index (χ1n) is 25.6. The van der Waals surface area contributed by atoms with Gasteiger partial charge in [-0.05, 0) is 77.0 Å². The van der Waals surface area contributed by atoms with Crippen LogP contribution in [0, 0.1) is 0 Å². The molecule has 0 bridgehead atoms. The van der Waals surface area contributed by atoms with Crippen molar-refractivity contribution in [3.05, 3.63) is 48.6 Å². The van der Waals surface area contributed by atoms with Crippen LogP contribution >= 0.6 is 0 Å². The first-order chi connectivity index (χ1) is 29.5. The molecule has 0 saturated carbocycles. The first-order valence-corrected chi connectivity index (χ1v) is 25.6. The van der Waals surface area contributed by atoms with Crippen molar-refractivity contribution in [1.29, 1.82) is 0 Å². The molecule has 0 spiro atoms. The lowest BCUT2D eigenvalue weighted by Crippen LogP contribution is -2.30. The molecule has 0 aromatic rings. The molecule has 0 aromatic heterocycles. The largest absolute Gasteiger partial charge is 0.462 e. The van der Waals surface area contributed by atoms with Crippen molar-refractivity contribution in [3.8, 4) is 0 Å². The van der Waals surface area contributed by atoms with Crippen molar-refractivity contribution in [1.82, 2.24) is 0 Å². The van der Waals surface area contributed by atoms with E-state index in [2.05, 4.69) is 69.4 Å². The highest BCUT2D eigenvalue weighted by molar-refractivity contribution is 5.71. The van der Waals surface area contributed by atoms with E-state index in [-0.39, 0.29) is 31.1 Å². The van der Waals surface area contributed by atoms with E-state index in [0.717, 1.165) is 96.3 Å². The van der Waals surface area contributed by atoms with Gasteiger partial charge in [0.15, 0.2) is 6.10 Å². The van der Waals surface area contributed by atoms with Gasteiger partial charge in [0.25, 0.3) is 0 Å². The predicted molar refractivity (Wildman–Crippen MR) is 256 cm³/mol. The SMILES string of the molecule is CC/C=C\C/C=C\C/C=C\CCCCCCCC(=O)OC(COC(=O)CCCCCCCCC/C=C\CCCCCCCC)COC(=O)CCCCCCCCCCCC. The Morgan fingerprint density at radius 3 is 1.03 bits per heavy atom. The molecule has 1 unspecified atom stereocenters. The number of ether oxygens (including phenoxy) is 3. The van der Waals surface area contributed by atoms with Gasteiger partial charge in [-0.1, -0.05) is 211 Å². The zero-order chi connectivity index (χ0) is 43.7. The summed E-state index contributed by atoms with van der Waals surface area (Å²) < 4.78 is 16.8. The van der Waals surface area contributed by atoms with Crippen molar-refractivity contribution in [2.45, 2.75) is 264 Å². The van der Waals surface area contributed by atoms with Crippen LogP contribution in [0.2, 0.25) is 0 Å². The van der Waals surface area contributed by atoms with Crippen LogP contribution < -0.4 is 0 Å². The highest BCUT2D eigenvalue weighted by Crippen LogP contribution is 2.15. The highest BCUT2D eigenvalue weighted by atomic mass is 16.6. The first kappa shape index (κ1) is 57.4. The van der Waals surface area contributed by atoms with Gasteiger partial charge in [-0.15, -0.1) is 0 Å². The van der Waals surface area contributed by atoms with Gasteiger partial charge < -0.3 is 14.2 Å². The standard InChI is InChI=1S/C54H96O6/c1-4-7-10-13-16-19-22-24-26-27-29-30-32-35-38-41-44-47-53(56)59-50-51(49-58-52(55)46-43-40-37-34-21-18-15-12-9-6-3)60-54(57)48-45-42-39-36-33-31-28-25-23-20-17-14-11-8-5-2/h8,11,17,20,24-26,28,51H,4-7,9-10,12-16,18-19,21-23,27,29-50H2,1-3H3/b11-8-,20-17-,26-24-,28-25-. The molecule has 0 rings (SSSR count).